The van der Waals surface area contributed by atoms with Crippen molar-refractivity contribution in [2.24, 2.45) is 4.99 Å². The lowest BCUT2D eigenvalue weighted by molar-refractivity contribution is -0.113. The van der Waals surface area contributed by atoms with Gasteiger partial charge in [-0.05, 0) is 43.3 Å². The fourth-order valence-corrected chi connectivity index (χ4v) is 5.34. The van der Waals surface area contributed by atoms with Crippen molar-refractivity contribution >= 4 is 51.1 Å². The van der Waals surface area contributed by atoms with Crippen LogP contribution in [-0.2, 0) is 4.79 Å². The van der Waals surface area contributed by atoms with E-state index < -0.39 is 0 Å². The number of hydrogen-bond acceptors (Lipinski definition) is 6. The van der Waals surface area contributed by atoms with Crippen molar-refractivity contribution < 1.29 is 9.59 Å². The molecule has 2 aromatic carbocycles. The molecule has 2 aromatic rings. The molecule has 1 fully saturated rings. The van der Waals surface area contributed by atoms with E-state index in [1.165, 1.54) is 11.8 Å². The summed E-state index contributed by atoms with van der Waals surface area (Å²) in [6, 6.07) is 15.7. The van der Waals surface area contributed by atoms with Gasteiger partial charge in [0.15, 0.2) is 0 Å². The number of hydrogen-bond donors (Lipinski definition) is 1. The van der Waals surface area contributed by atoms with Crippen molar-refractivity contribution in [3.63, 3.8) is 0 Å². The lowest BCUT2D eigenvalue weighted by Crippen LogP contribution is -2.48. The number of carbonyl (C=O) groups is 2. The van der Waals surface area contributed by atoms with Crippen molar-refractivity contribution in [3.05, 3.63) is 59.7 Å². The van der Waals surface area contributed by atoms with Crippen LogP contribution in [0.15, 0.2) is 53.5 Å². The number of nitrogens with one attached hydrogen (secondary N) is 1. The lowest BCUT2D eigenvalue weighted by atomic mass is 10.1. The van der Waals surface area contributed by atoms with E-state index in [9.17, 15) is 9.59 Å². The highest BCUT2D eigenvalue weighted by molar-refractivity contribution is 8.39. The third-order valence-corrected chi connectivity index (χ3v) is 7.52. The molecule has 6 nitrogen and oxygen atoms in total. The highest BCUT2D eigenvalue weighted by Gasteiger charge is 2.22. The molecule has 2 amide bonds. The van der Waals surface area contributed by atoms with Crippen molar-refractivity contribution in [2.75, 3.05) is 54.4 Å². The van der Waals surface area contributed by atoms with Crippen LogP contribution in [0.2, 0.25) is 0 Å². The number of piperazine rings is 1. The normalized spacial score (nSPS) is 16.2. The van der Waals surface area contributed by atoms with Gasteiger partial charge in [0.05, 0.1) is 12.3 Å². The molecule has 0 aliphatic carbocycles. The van der Waals surface area contributed by atoms with Gasteiger partial charge >= 0.3 is 0 Å². The van der Waals surface area contributed by atoms with Crippen LogP contribution >= 0.6 is 23.5 Å². The molecule has 4 rings (SSSR count). The fraction of sp³-hybridized carbons (Fsp3) is 0.348. The van der Waals surface area contributed by atoms with Crippen molar-refractivity contribution in [3.8, 4) is 0 Å². The first-order valence-electron chi connectivity index (χ1n) is 10.4. The second-order valence-corrected chi connectivity index (χ2v) is 9.83. The highest BCUT2D eigenvalue weighted by atomic mass is 32.2. The smallest absolute Gasteiger partial charge is 0.253 e. The number of aliphatic imine (C=N–C) groups is 1. The van der Waals surface area contributed by atoms with Crippen LogP contribution in [0.4, 0.5) is 11.4 Å². The molecule has 0 saturated carbocycles. The van der Waals surface area contributed by atoms with Crippen LogP contribution < -0.4 is 10.2 Å². The van der Waals surface area contributed by atoms with E-state index in [4.69, 9.17) is 0 Å². The van der Waals surface area contributed by atoms with Crippen LogP contribution in [0.25, 0.3) is 0 Å². The van der Waals surface area contributed by atoms with Gasteiger partial charge in [0.25, 0.3) is 5.91 Å². The molecule has 0 atom stereocenters. The Kier molecular flexibility index (Phi) is 7.19. The van der Waals surface area contributed by atoms with Gasteiger partial charge in [0.2, 0.25) is 5.91 Å². The molecule has 162 valence electrons. The number of aryl methyl sites for hydroxylation is 1. The largest absolute Gasteiger partial charge is 0.368 e. The third-order valence-electron chi connectivity index (χ3n) is 5.27. The van der Waals surface area contributed by atoms with Crippen LogP contribution in [0.5, 0.6) is 0 Å². The number of rotatable bonds is 5. The summed E-state index contributed by atoms with van der Waals surface area (Å²) in [5.41, 5.74) is 3.80. The van der Waals surface area contributed by atoms with E-state index in [2.05, 4.69) is 15.2 Å². The van der Waals surface area contributed by atoms with Crippen LogP contribution in [0.1, 0.15) is 15.9 Å². The second-order valence-electron chi connectivity index (χ2n) is 7.53. The molecule has 31 heavy (non-hydrogen) atoms. The summed E-state index contributed by atoms with van der Waals surface area (Å²) in [4.78, 5) is 33.4. The van der Waals surface area contributed by atoms with Gasteiger partial charge in [-0.1, -0.05) is 41.2 Å². The van der Waals surface area contributed by atoms with Gasteiger partial charge in [-0.3, -0.25) is 14.6 Å². The van der Waals surface area contributed by atoms with E-state index in [1.807, 2.05) is 60.4 Å². The van der Waals surface area contributed by atoms with Crippen LogP contribution in [0, 0.1) is 6.92 Å². The number of benzene rings is 2. The summed E-state index contributed by atoms with van der Waals surface area (Å²) in [5, 5.41) is 2.94. The maximum absolute atomic E-state index is 12.7. The van der Waals surface area contributed by atoms with Crippen LogP contribution in [-0.4, -0.2) is 65.3 Å². The summed E-state index contributed by atoms with van der Waals surface area (Å²) in [6.07, 6.45) is 0. The quantitative estimate of drug-likeness (QED) is 0.746. The number of amides is 2. The van der Waals surface area contributed by atoms with Crippen molar-refractivity contribution in [1.82, 2.24) is 4.90 Å². The first kappa shape index (κ1) is 21.8. The van der Waals surface area contributed by atoms with E-state index in [1.54, 1.807) is 11.8 Å². The average molecular weight is 455 g/mol. The molecular weight excluding hydrogens is 428 g/mol. The number of thioether (sulfide) groups is 2. The van der Waals surface area contributed by atoms with Crippen molar-refractivity contribution in [1.29, 1.82) is 0 Å². The SMILES string of the molecule is Cc1ccc(C(=O)N2CCN(c3ccc(NC(=O)CSC4=NCCS4)cc3)CC2)cc1. The third kappa shape index (κ3) is 5.83. The average Bonchev–Trinajstić information content (AvgIpc) is 3.32. The van der Waals surface area contributed by atoms with Gasteiger partial charge in [0.1, 0.15) is 4.38 Å². The molecule has 0 aromatic heterocycles. The first-order chi connectivity index (χ1) is 15.1. The van der Waals surface area contributed by atoms with Gasteiger partial charge in [0, 0.05) is 48.9 Å². The number of anilines is 2. The molecule has 2 aliphatic rings. The van der Waals surface area contributed by atoms with Gasteiger partial charge < -0.3 is 15.1 Å². The zero-order chi connectivity index (χ0) is 21.6. The Morgan fingerprint density at radius 1 is 1.03 bits per heavy atom. The molecule has 1 N–H and O–H groups in total. The summed E-state index contributed by atoms with van der Waals surface area (Å²) in [5.74, 6) is 1.47. The Labute approximate surface area is 191 Å². The zero-order valence-corrected chi connectivity index (χ0v) is 19.2. The van der Waals surface area contributed by atoms with Gasteiger partial charge in [-0.2, -0.15) is 0 Å². The molecule has 8 heteroatoms. The topological polar surface area (TPSA) is 65.0 Å². The summed E-state index contributed by atoms with van der Waals surface area (Å²) in [7, 11) is 0. The predicted molar refractivity (Wildman–Crippen MR) is 132 cm³/mol. The zero-order valence-electron chi connectivity index (χ0n) is 17.5. The Morgan fingerprint density at radius 3 is 2.39 bits per heavy atom. The molecule has 0 radical (unpaired) electrons. The van der Waals surface area contributed by atoms with E-state index in [0.29, 0.717) is 18.8 Å². The number of nitrogens with zero attached hydrogens (tertiary/aromatic N) is 3. The van der Waals surface area contributed by atoms with Crippen molar-refractivity contribution in [2.45, 2.75) is 6.92 Å². The molecule has 0 bridgehead atoms. The maximum atomic E-state index is 12.7. The monoisotopic (exact) mass is 454 g/mol. The Morgan fingerprint density at radius 2 is 1.74 bits per heavy atom. The summed E-state index contributed by atoms with van der Waals surface area (Å²) < 4.78 is 1.01. The molecule has 1 saturated heterocycles. The predicted octanol–water partition coefficient (Wildman–Crippen LogP) is 3.73. The maximum Gasteiger partial charge on any atom is 0.253 e. The minimum absolute atomic E-state index is 0.0174. The Hall–Kier alpha value is -2.45. The van der Waals surface area contributed by atoms with Gasteiger partial charge in [-0.25, -0.2) is 0 Å². The summed E-state index contributed by atoms with van der Waals surface area (Å²) >= 11 is 3.21. The molecule has 0 unspecified atom stereocenters. The minimum Gasteiger partial charge on any atom is -0.368 e. The Balaban J connectivity index is 1.25. The van der Waals surface area contributed by atoms with E-state index >= 15 is 0 Å². The standard InChI is InChI=1S/C23H26N4O2S2/c1-17-2-4-18(5-3-17)22(29)27-13-11-26(12-14-27)20-8-6-19(7-9-20)25-21(28)16-31-23-24-10-15-30-23/h2-9H,10-16H2,1H3,(H,25,28). The number of carbonyl (C=O) groups excluding carboxylic acids is 2. The minimum atomic E-state index is -0.0174. The fourth-order valence-electron chi connectivity index (χ4n) is 3.53. The second kappa shape index (κ2) is 10.2. The van der Waals surface area contributed by atoms with Crippen LogP contribution in [0.3, 0.4) is 0 Å². The highest BCUT2D eigenvalue weighted by Crippen LogP contribution is 2.23. The first-order valence-corrected chi connectivity index (χ1v) is 12.4. The van der Waals surface area contributed by atoms with Gasteiger partial charge in [-0.15, -0.1) is 0 Å². The lowest BCUT2D eigenvalue weighted by Gasteiger charge is -2.36. The van der Waals surface area contributed by atoms with E-state index in [0.717, 1.165) is 52.3 Å². The molecule has 0 spiro atoms. The van der Waals surface area contributed by atoms with E-state index in [-0.39, 0.29) is 11.8 Å². The molecule has 2 heterocycles. The molecule has 2 aliphatic heterocycles. The molecular formula is C23H26N4O2S2. The summed E-state index contributed by atoms with van der Waals surface area (Å²) in [6.45, 7) is 5.85. The Bertz CT molecular complexity index is 953.